The quantitative estimate of drug-likeness (QED) is 0.577. The molecule has 0 aliphatic heterocycles. The van der Waals surface area contributed by atoms with Crippen LogP contribution in [0.15, 0.2) is 71.6 Å². The van der Waals surface area contributed by atoms with Crippen molar-refractivity contribution in [3.05, 3.63) is 88.4 Å². The van der Waals surface area contributed by atoms with Crippen molar-refractivity contribution in [2.24, 2.45) is 0 Å². The molecule has 0 saturated heterocycles. The van der Waals surface area contributed by atoms with Gasteiger partial charge in [-0.1, -0.05) is 35.4 Å². The molecule has 5 nitrogen and oxygen atoms in total. The Morgan fingerprint density at radius 3 is 2.13 bits per heavy atom. The molecule has 0 unspecified atom stereocenters. The number of benzene rings is 3. The van der Waals surface area contributed by atoms with Crippen LogP contribution in [0.2, 0.25) is 5.02 Å². The molecule has 0 spiro atoms. The number of nitrogens with zero attached hydrogens (tertiary/aromatic N) is 1. The number of sulfonamides is 1. The predicted octanol–water partition coefficient (Wildman–Crippen LogP) is 5.10. The first-order valence-corrected chi connectivity index (χ1v) is 11.2. The molecule has 3 aromatic carbocycles. The summed E-state index contributed by atoms with van der Waals surface area (Å²) in [7, 11) is -3.96. The van der Waals surface area contributed by atoms with E-state index >= 15 is 0 Å². The van der Waals surface area contributed by atoms with Crippen LogP contribution in [-0.2, 0) is 14.8 Å². The molecule has 156 valence electrons. The molecule has 0 aliphatic rings. The lowest BCUT2D eigenvalue weighted by Gasteiger charge is -2.24. The summed E-state index contributed by atoms with van der Waals surface area (Å²) in [6, 6.07) is 18.4. The highest BCUT2D eigenvalue weighted by Gasteiger charge is 2.27. The van der Waals surface area contributed by atoms with Crippen LogP contribution in [0.4, 0.5) is 11.4 Å². The summed E-state index contributed by atoms with van der Waals surface area (Å²) >= 11 is 5.96. The molecule has 1 amide bonds. The van der Waals surface area contributed by atoms with Crippen LogP contribution >= 0.6 is 11.6 Å². The van der Waals surface area contributed by atoms with Gasteiger partial charge in [0, 0.05) is 10.7 Å². The highest BCUT2D eigenvalue weighted by molar-refractivity contribution is 7.92. The van der Waals surface area contributed by atoms with Crippen molar-refractivity contribution in [2.75, 3.05) is 16.2 Å². The first kappa shape index (κ1) is 21.9. The molecule has 0 saturated carbocycles. The van der Waals surface area contributed by atoms with Crippen LogP contribution in [0.3, 0.4) is 0 Å². The zero-order valence-corrected chi connectivity index (χ0v) is 18.6. The van der Waals surface area contributed by atoms with Gasteiger partial charge in [-0.15, -0.1) is 0 Å². The van der Waals surface area contributed by atoms with Gasteiger partial charge in [0.25, 0.3) is 10.0 Å². The monoisotopic (exact) mass is 442 g/mol. The fourth-order valence-corrected chi connectivity index (χ4v) is 4.46. The van der Waals surface area contributed by atoms with Crippen LogP contribution in [0.1, 0.15) is 16.7 Å². The van der Waals surface area contributed by atoms with E-state index in [9.17, 15) is 13.2 Å². The van der Waals surface area contributed by atoms with E-state index in [-0.39, 0.29) is 11.4 Å². The number of amides is 1. The van der Waals surface area contributed by atoms with Gasteiger partial charge in [0.2, 0.25) is 5.91 Å². The Morgan fingerprint density at radius 1 is 0.900 bits per heavy atom. The summed E-state index contributed by atoms with van der Waals surface area (Å²) in [6.45, 7) is 5.44. The summed E-state index contributed by atoms with van der Waals surface area (Å²) in [5.41, 5.74) is 4.06. The van der Waals surface area contributed by atoms with Gasteiger partial charge in [0.1, 0.15) is 6.54 Å². The van der Waals surface area contributed by atoms with Gasteiger partial charge in [-0.3, -0.25) is 9.10 Å². The number of rotatable bonds is 6. The molecule has 0 fully saturated rings. The Balaban J connectivity index is 1.93. The molecule has 0 aromatic heterocycles. The molecule has 0 atom stereocenters. The standard InChI is InChI=1S/C23H23ClN2O3S/c1-16-4-12-22(13-5-16)30(28,29)26(21-10-7-19(24)8-11-21)15-23(27)25-20-9-6-17(2)18(3)14-20/h4-14H,15H2,1-3H3,(H,25,27). The minimum atomic E-state index is -3.96. The third-order valence-electron chi connectivity index (χ3n) is 4.80. The zero-order chi connectivity index (χ0) is 21.9. The fraction of sp³-hybridized carbons (Fsp3) is 0.174. The van der Waals surface area contributed by atoms with Gasteiger partial charge in [0.05, 0.1) is 10.6 Å². The maximum absolute atomic E-state index is 13.3. The highest BCUT2D eigenvalue weighted by atomic mass is 35.5. The Kier molecular flexibility index (Phi) is 6.48. The van der Waals surface area contributed by atoms with Crippen molar-refractivity contribution in [3.8, 4) is 0 Å². The minimum Gasteiger partial charge on any atom is -0.325 e. The summed E-state index contributed by atoms with van der Waals surface area (Å²) in [6.07, 6.45) is 0. The number of hydrogen-bond donors (Lipinski definition) is 1. The maximum Gasteiger partial charge on any atom is 0.264 e. The molecule has 0 bridgehead atoms. The van der Waals surface area contributed by atoms with Crippen LogP contribution in [-0.4, -0.2) is 20.9 Å². The maximum atomic E-state index is 13.3. The van der Waals surface area contributed by atoms with E-state index in [1.165, 1.54) is 12.1 Å². The summed E-state index contributed by atoms with van der Waals surface area (Å²) in [5.74, 6) is -0.441. The van der Waals surface area contributed by atoms with E-state index in [4.69, 9.17) is 11.6 Å². The smallest absolute Gasteiger partial charge is 0.264 e. The Morgan fingerprint density at radius 2 is 1.53 bits per heavy atom. The first-order chi connectivity index (χ1) is 14.2. The predicted molar refractivity (Wildman–Crippen MR) is 122 cm³/mol. The Bertz CT molecular complexity index is 1160. The number of carbonyl (C=O) groups excluding carboxylic acids is 1. The van der Waals surface area contributed by atoms with Crippen molar-refractivity contribution in [1.29, 1.82) is 0 Å². The normalized spacial score (nSPS) is 11.2. The molecule has 7 heteroatoms. The lowest BCUT2D eigenvalue weighted by molar-refractivity contribution is -0.114. The number of halogens is 1. The number of carbonyl (C=O) groups is 1. The SMILES string of the molecule is Cc1ccc(S(=O)(=O)N(CC(=O)Nc2ccc(C)c(C)c2)c2ccc(Cl)cc2)cc1. The summed E-state index contributed by atoms with van der Waals surface area (Å²) in [5, 5.41) is 3.26. The topological polar surface area (TPSA) is 66.5 Å². The summed E-state index contributed by atoms with van der Waals surface area (Å²) < 4.78 is 27.7. The fourth-order valence-electron chi connectivity index (χ4n) is 2.91. The van der Waals surface area contributed by atoms with E-state index in [0.717, 1.165) is 21.0 Å². The van der Waals surface area contributed by atoms with E-state index in [2.05, 4.69) is 5.32 Å². The third kappa shape index (κ3) is 5.01. The van der Waals surface area contributed by atoms with Gasteiger partial charge >= 0.3 is 0 Å². The number of anilines is 2. The van der Waals surface area contributed by atoms with Gasteiger partial charge in [-0.25, -0.2) is 8.42 Å². The molecular formula is C23H23ClN2O3S. The molecular weight excluding hydrogens is 420 g/mol. The van der Waals surface area contributed by atoms with E-state index in [0.29, 0.717) is 16.4 Å². The lowest BCUT2D eigenvalue weighted by atomic mass is 10.1. The Hall–Kier alpha value is -2.83. The number of aryl methyl sites for hydroxylation is 3. The largest absolute Gasteiger partial charge is 0.325 e. The van der Waals surface area contributed by atoms with Gasteiger partial charge in [-0.05, 0) is 80.4 Å². The van der Waals surface area contributed by atoms with E-state index in [1.54, 1.807) is 42.5 Å². The second kappa shape index (κ2) is 8.90. The molecule has 3 aromatic rings. The molecule has 3 rings (SSSR count). The molecule has 30 heavy (non-hydrogen) atoms. The van der Waals surface area contributed by atoms with Crippen molar-refractivity contribution in [1.82, 2.24) is 0 Å². The van der Waals surface area contributed by atoms with Gasteiger partial charge in [-0.2, -0.15) is 0 Å². The van der Waals surface area contributed by atoms with Gasteiger partial charge < -0.3 is 5.32 Å². The van der Waals surface area contributed by atoms with E-state index < -0.39 is 15.9 Å². The highest BCUT2D eigenvalue weighted by Crippen LogP contribution is 2.25. The number of hydrogen-bond acceptors (Lipinski definition) is 3. The second-order valence-corrected chi connectivity index (χ2v) is 9.45. The molecule has 0 aliphatic carbocycles. The third-order valence-corrected chi connectivity index (χ3v) is 6.84. The summed E-state index contributed by atoms with van der Waals surface area (Å²) in [4.78, 5) is 12.9. The lowest BCUT2D eigenvalue weighted by Crippen LogP contribution is -2.38. The van der Waals surface area contributed by atoms with E-state index in [1.807, 2.05) is 32.9 Å². The van der Waals surface area contributed by atoms with Crippen LogP contribution < -0.4 is 9.62 Å². The molecule has 1 N–H and O–H groups in total. The average Bonchev–Trinajstić information content (AvgIpc) is 2.70. The van der Waals surface area contributed by atoms with Crippen LogP contribution in [0.5, 0.6) is 0 Å². The van der Waals surface area contributed by atoms with Crippen molar-refractivity contribution in [2.45, 2.75) is 25.7 Å². The minimum absolute atomic E-state index is 0.113. The zero-order valence-electron chi connectivity index (χ0n) is 17.0. The second-order valence-electron chi connectivity index (χ2n) is 7.15. The van der Waals surface area contributed by atoms with Crippen LogP contribution in [0, 0.1) is 20.8 Å². The van der Waals surface area contributed by atoms with Crippen molar-refractivity contribution in [3.63, 3.8) is 0 Å². The van der Waals surface area contributed by atoms with Crippen molar-refractivity contribution >= 4 is 38.9 Å². The number of nitrogens with one attached hydrogen (secondary N) is 1. The van der Waals surface area contributed by atoms with Crippen molar-refractivity contribution < 1.29 is 13.2 Å². The Labute approximate surface area is 182 Å². The van der Waals surface area contributed by atoms with Gasteiger partial charge in [0.15, 0.2) is 0 Å². The molecule has 0 heterocycles. The molecule has 0 radical (unpaired) electrons. The van der Waals surface area contributed by atoms with Crippen LogP contribution in [0.25, 0.3) is 0 Å². The first-order valence-electron chi connectivity index (χ1n) is 9.39. The average molecular weight is 443 g/mol.